The maximum absolute atomic E-state index is 5.35. The molecular weight excluding hydrogens is 254 g/mol. The van der Waals surface area contributed by atoms with Crippen molar-refractivity contribution in [2.24, 2.45) is 0 Å². The van der Waals surface area contributed by atoms with Gasteiger partial charge in [-0.15, -0.1) is 0 Å². The number of aromatic nitrogens is 2. The first kappa shape index (κ1) is 13.3. The molecule has 2 aromatic rings. The fourth-order valence-corrected chi connectivity index (χ4v) is 2.42. The van der Waals surface area contributed by atoms with E-state index in [0.717, 1.165) is 25.4 Å². The molecule has 1 aromatic carbocycles. The summed E-state index contributed by atoms with van der Waals surface area (Å²) in [6.07, 6.45) is 0.985. The van der Waals surface area contributed by atoms with Crippen molar-refractivity contribution >= 4 is 0 Å². The Balaban J connectivity index is 1.57. The molecule has 3 rings (SSSR count). The van der Waals surface area contributed by atoms with E-state index in [0.29, 0.717) is 25.0 Å². The second-order valence-electron chi connectivity index (χ2n) is 5.26. The van der Waals surface area contributed by atoms with E-state index in [9.17, 15) is 0 Å². The first-order chi connectivity index (χ1) is 9.81. The molecular formula is C15H19N3O2. The van der Waals surface area contributed by atoms with E-state index in [4.69, 9.17) is 9.26 Å². The van der Waals surface area contributed by atoms with E-state index < -0.39 is 0 Å². The second-order valence-corrected chi connectivity index (χ2v) is 5.26. The van der Waals surface area contributed by atoms with Gasteiger partial charge in [0.15, 0.2) is 5.82 Å². The second kappa shape index (κ2) is 6.15. The zero-order chi connectivity index (χ0) is 13.8. The van der Waals surface area contributed by atoms with Crippen LogP contribution in [-0.2, 0) is 17.8 Å². The van der Waals surface area contributed by atoms with Crippen LogP contribution in [0.15, 0.2) is 34.9 Å². The van der Waals surface area contributed by atoms with E-state index in [1.807, 2.05) is 18.2 Å². The Labute approximate surface area is 118 Å². The molecule has 1 fully saturated rings. The Morgan fingerprint density at radius 1 is 1.25 bits per heavy atom. The first-order valence-corrected chi connectivity index (χ1v) is 6.94. The molecule has 1 unspecified atom stereocenters. The number of hydrogen-bond acceptors (Lipinski definition) is 5. The lowest BCUT2D eigenvalue weighted by Gasteiger charge is -2.13. The van der Waals surface area contributed by atoms with Gasteiger partial charge < -0.3 is 9.26 Å². The van der Waals surface area contributed by atoms with E-state index in [-0.39, 0.29) is 0 Å². The highest BCUT2D eigenvalue weighted by Gasteiger charge is 2.23. The zero-order valence-electron chi connectivity index (χ0n) is 11.7. The summed E-state index contributed by atoms with van der Waals surface area (Å²) in [5, 5.41) is 4.07. The first-order valence-electron chi connectivity index (χ1n) is 6.94. The van der Waals surface area contributed by atoms with Gasteiger partial charge in [-0.1, -0.05) is 35.5 Å². The molecule has 2 heterocycles. The van der Waals surface area contributed by atoms with Gasteiger partial charge in [0.1, 0.15) is 0 Å². The van der Waals surface area contributed by atoms with Gasteiger partial charge in [0.2, 0.25) is 5.89 Å². The minimum absolute atomic E-state index is 0.298. The molecule has 1 aliphatic rings. The summed E-state index contributed by atoms with van der Waals surface area (Å²) in [7, 11) is 2.05. The Kier molecular flexibility index (Phi) is 4.08. The molecule has 0 spiro atoms. The third kappa shape index (κ3) is 3.23. The number of rotatable bonds is 5. The van der Waals surface area contributed by atoms with Crippen molar-refractivity contribution in [1.29, 1.82) is 0 Å². The molecule has 5 heteroatoms. The summed E-state index contributed by atoms with van der Waals surface area (Å²) in [5.41, 5.74) is 1.28. The molecule has 1 aliphatic heterocycles. The molecule has 20 heavy (non-hydrogen) atoms. The summed E-state index contributed by atoms with van der Waals surface area (Å²) < 4.78 is 10.7. The van der Waals surface area contributed by atoms with Gasteiger partial charge in [0.05, 0.1) is 13.2 Å². The topological polar surface area (TPSA) is 51.4 Å². The van der Waals surface area contributed by atoms with E-state index in [1.54, 1.807) is 0 Å². The molecule has 0 amide bonds. The van der Waals surface area contributed by atoms with Crippen molar-refractivity contribution in [3.8, 4) is 0 Å². The molecule has 1 saturated heterocycles. The molecule has 0 N–H and O–H groups in total. The molecule has 5 nitrogen and oxygen atoms in total. The molecule has 106 valence electrons. The van der Waals surface area contributed by atoms with Crippen LogP contribution in [0.3, 0.4) is 0 Å². The Bertz CT molecular complexity index is 535. The zero-order valence-corrected chi connectivity index (χ0v) is 11.7. The van der Waals surface area contributed by atoms with Crippen molar-refractivity contribution in [2.45, 2.75) is 25.4 Å². The van der Waals surface area contributed by atoms with Crippen LogP contribution >= 0.6 is 0 Å². The normalized spacial score (nSPS) is 18.8. The van der Waals surface area contributed by atoms with Gasteiger partial charge in [-0.25, -0.2) is 0 Å². The summed E-state index contributed by atoms with van der Waals surface area (Å²) >= 11 is 0. The van der Waals surface area contributed by atoms with Crippen LogP contribution in [0.5, 0.6) is 0 Å². The molecule has 0 saturated carbocycles. The highest BCUT2D eigenvalue weighted by Crippen LogP contribution is 2.22. The summed E-state index contributed by atoms with van der Waals surface area (Å²) in [6.45, 7) is 3.03. The monoisotopic (exact) mass is 273 g/mol. The lowest BCUT2D eigenvalue weighted by molar-refractivity contribution is 0.192. The van der Waals surface area contributed by atoms with Crippen LogP contribution in [0, 0.1) is 0 Å². The SMILES string of the molecule is CN(Cc1ccccc1)Cc1nc(C2CCOC2)no1. The van der Waals surface area contributed by atoms with Gasteiger partial charge >= 0.3 is 0 Å². The van der Waals surface area contributed by atoms with Gasteiger partial charge in [-0.05, 0) is 19.0 Å². The molecule has 0 bridgehead atoms. The Hall–Kier alpha value is -1.72. The smallest absolute Gasteiger partial charge is 0.240 e. The standard InChI is InChI=1S/C15H19N3O2/c1-18(9-12-5-3-2-4-6-12)10-14-16-15(17-20-14)13-7-8-19-11-13/h2-6,13H,7-11H2,1H3. The summed E-state index contributed by atoms with van der Waals surface area (Å²) in [5.74, 6) is 1.75. The van der Waals surface area contributed by atoms with Crippen molar-refractivity contribution in [2.75, 3.05) is 20.3 Å². The van der Waals surface area contributed by atoms with Crippen molar-refractivity contribution in [3.05, 3.63) is 47.6 Å². The van der Waals surface area contributed by atoms with Gasteiger partial charge in [0, 0.05) is 19.1 Å². The average molecular weight is 273 g/mol. The lowest BCUT2D eigenvalue weighted by atomic mass is 10.1. The van der Waals surface area contributed by atoms with E-state index in [1.165, 1.54) is 5.56 Å². The number of nitrogens with zero attached hydrogens (tertiary/aromatic N) is 3. The largest absolute Gasteiger partial charge is 0.381 e. The maximum atomic E-state index is 5.35. The number of hydrogen-bond donors (Lipinski definition) is 0. The Morgan fingerprint density at radius 3 is 2.85 bits per heavy atom. The average Bonchev–Trinajstić information content (AvgIpc) is 3.10. The van der Waals surface area contributed by atoms with Crippen molar-refractivity contribution < 1.29 is 9.26 Å². The molecule has 1 atom stereocenters. The van der Waals surface area contributed by atoms with Crippen LogP contribution in [-0.4, -0.2) is 35.3 Å². The molecule has 0 aliphatic carbocycles. The number of ether oxygens (including phenoxy) is 1. The minimum Gasteiger partial charge on any atom is -0.381 e. The quantitative estimate of drug-likeness (QED) is 0.836. The third-order valence-corrected chi connectivity index (χ3v) is 3.48. The van der Waals surface area contributed by atoms with E-state index in [2.05, 4.69) is 34.2 Å². The van der Waals surface area contributed by atoms with Gasteiger partial charge in [0.25, 0.3) is 0 Å². The maximum Gasteiger partial charge on any atom is 0.240 e. The van der Waals surface area contributed by atoms with E-state index >= 15 is 0 Å². The highest BCUT2D eigenvalue weighted by atomic mass is 16.5. The summed E-state index contributed by atoms with van der Waals surface area (Å²) in [6, 6.07) is 10.4. The van der Waals surface area contributed by atoms with Crippen LogP contribution in [0.4, 0.5) is 0 Å². The fraction of sp³-hybridized carbons (Fsp3) is 0.467. The molecule has 0 radical (unpaired) electrons. The Morgan fingerprint density at radius 2 is 2.10 bits per heavy atom. The number of benzene rings is 1. The third-order valence-electron chi connectivity index (χ3n) is 3.48. The van der Waals surface area contributed by atoms with Crippen LogP contribution in [0.1, 0.15) is 29.6 Å². The molecule has 1 aromatic heterocycles. The van der Waals surface area contributed by atoms with Gasteiger partial charge in [-0.3, -0.25) is 4.90 Å². The van der Waals surface area contributed by atoms with Crippen LogP contribution < -0.4 is 0 Å². The lowest BCUT2D eigenvalue weighted by Crippen LogP contribution is -2.17. The van der Waals surface area contributed by atoms with Crippen LogP contribution in [0.2, 0.25) is 0 Å². The predicted molar refractivity (Wildman–Crippen MR) is 74.1 cm³/mol. The highest BCUT2D eigenvalue weighted by molar-refractivity contribution is 5.14. The van der Waals surface area contributed by atoms with Crippen molar-refractivity contribution in [1.82, 2.24) is 15.0 Å². The summed E-state index contributed by atoms with van der Waals surface area (Å²) in [4.78, 5) is 6.64. The van der Waals surface area contributed by atoms with Crippen LogP contribution in [0.25, 0.3) is 0 Å². The van der Waals surface area contributed by atoms with Crippen molar-refractivity contribution in [3.63, 3.8) is 0 Å². The van der Waals surface area contributed by atoms with Gasteiger partial charge in [-0.2, -0.15) is 4.98 Å². The fourth-order valence-electron chi connectivity index (χ4n) is 2.42. The predicted octanol–water partition coefficient (Wildman–Crippen LogP) is 2.21. The minimum atomic E-state index is 0.298.